The van der Waals surface area contributed by atoms with Crippen LogP contribution >= 0.6 is 15.9 Å². The molecule has 0 bridgehead atoms. The molecule has 0 saturated heterocycles. The van der Waals surface area contributed by atoms with E-state index in [1.54, 1.807) is 6.20 Å². The summed E-state index contributed by atoms with van der Waals surface area (Å²) >= 11 is 3.38. The molecule has 0 aliphatic heterocycles. The van der Waals surface area contributed by atoms with Gasteiger partial charge in [-0.1, -0.05) is 6.07 Å². The standard InChI is InChI=1S/C13H20BrN3O2/c1-13(2,3)19-12(18)17-8-9(7-15)10-5-4-6-16-11(10)14/h4-6,9H,7-8,15H2,1-3H3,(H,17,18). The summed E-state index contributed by atoms with van der Waals surface area (Å²) in [6, 6.07) is 3.78. The second-order valence-corrected chi connectivity index (χ2v) is 5.95. The lowest BCUT2D eigenvalue weighted by Crippen LogP contribution is -2.36. The quantitative estimate of drug-likeness (QED) is 0.831. The number of alkyl carbamates (subject to hydrolysis) is 1. The summed E-state index contributed by atoms with van der Waals surface area (Å²) in [5, 5.41) is 2.73. The highest BCUT2D eigenvalue weighted by molar-refractivity contribution is 9.10. The van der Waals surface area contributed by atoms with Crippen LogP contribution in [0.1, 0.15) is 32.3 Å². The summed E-state index contributed by atoms with van der Waals surface area (Å²) in [4.78, 5) is 15.7. The van der Waals surface area contributed by atoms with Crippen molar-refractivity contribution in [1.29, 1.82) is 0 Å². The van der Waals surface area contributed by atoms with E-state index in [1.165, 1.54) is 0 Å². The van der Waals surface area contributed by atoms with Crippen LogP contribution in [-0.2, 0) is 4.74 Å². The molecule has 0 spiro atoms. The maximum absolute atomic E-state index is 11.6. The van der Waals surface area contributed by atoms with Gasteiger partial charge in [0.2, 0.25) is 0 Å². The minimum absolute atomic E-state index is 0.00408. The smallest absolute Gasteiger partial charge is 0.407 e. The number of carbonyl (C=O) groups is 1. The van der Waals surface area contributed by atoms with E-state index >= 15 is 0 Å². The van der Waals surface area contributed by atoms with Crippen LogP contribution in [0.4, 0.5) is 4.79 Å². The molecule has 0 aromatic carbocycles. The molecule has 5 nitrogen and oxygen atoms in total. The third-order valence-corrected chi connectivity index (χ3v) is 3.07. The number of carbonyl (C=O) groups excluding carboxylic acids is 1. The van der Waals surface area contributed by atoms with Gasteiger partial charge in [0.15, 0.2) is 0 Å². The maximum atomic E-state index is 11.6. The Hall–Kier alpha value is -1.14. The molecular weight excluding hydrogens is 310 g/mol. The van der Waals surface area contributed by atoms with Gasteiger partial charge in [-0.15, -0.1) is 0 Å². The van der Waals surface area contributed by atoms with E-state index in [9.17, 15) is 4.79 Å². The van der Waals surface area contributed by atoms with Gasteiger partial charge < -0.3 is 15.8 Å². The zero-order valence-corrected chi connectivity index (χ0v) is 13.0. The first-order valence-corrected chi connectivity index (χ1v) is 6.90. The maximum Gasteiger partial charge on any atom is 0.407 e. The van der Waals surface area contributed by atoms with Gasteiger partial charge in [-0.2, -0.15) is 0 Å². The van der Waals surface area contributed by atoms with Gasteiger partial charge in [0.1, 0.15) is 10.2 Å². The molecule has 0 aliphatic carbocycles. The molecule has 1 aromatic rings. The lowest BCUT2D eigenvalue weighted by molar-refractivity contribution is 0.0525. The Morgan fingerprint density at radius 1 is 1.58 bits per heavy atom. The molecule has 0 saturated carbocycles. The molecule has 19 heavy (non-hydrogen) atoms. The highest BCUT2D eigenvalue weighted by Crippen LogP contribution is 2.21. The van der Waals surface area contributed by atoms with Gasteiger partial charge in [0.25, 0.3) is 0 Å². The highest BCUT2D eigenvalue weighted by Gasteiger charge is 2.18. The minimum Gasteiger partial charge on any atom is -0.444 e. The SMILES string of the molecule is CC(C)(C)OC(=O)NCC(CN)c1cccnc1Br. The van der Waals surface area contributed by atoms with Crippen molar-refractivity contribution in [3.05, 3.63) is 28.5 Å². The first-order valence-electron chi connectivity index (χ1n) is 6.11. The van der Waals surface area contributed by atoms with E-state index in [0.29, 0.717) is 13.1 Å². The molecule has 1 atom stereocenters. The van der Waals surface area contributed by atoms with E-state index in [1.807, 2.05) is 32.9 Å². The number of ether oxygens (including phenoxy) is 1. The lowest BCUT2D eigenvalue weighted by atomic mass is 10.0. The number of halogens is 1. The molecular formula is C13H20BrN3O2. The summed E-state index contributed by atoms with van der Waals surface area (Å²) < 4.78 is 5.93. The van der Waals surface area contributed by atoms with Gasteiger partial charge in [-0.3, -0.25) is 0 Å². The van der Waals surface area contributed by atoms with E-state index in [4.69, 9.17) is 10.5 Å². The van der Waals surface area contributed by atoms with Crippen molar-refractivity contribution >= 4 is 22.0 Å². The van der Waals surface area contributed by atoms with Crippen LogP contribution in [0.15, 0.2) is 22.9 Å². The Labute approximate surface area is 122 Å². The Morgan fingerprint density at radius 3 is 2.79 bits per heavy atom. The van der Waals surface area contributed by atoms with E-state index in [0.717, 1.165) is 10.2 Å². The molecule has 6 heteroatoms. The van der Waals surface area contributed by atoms with Crippen LogP contribution in [0.25, 0.3) is 0 Å². The first kappa shape index (κ1) is 15.9. The van der Waals surface area contributed by atoms with Crippen molar-refractivity contribution < 1.29 is 9.53 Å². The number of nitrogens with two attached hydrogens (primary N) is 1. The van der Waals surface area contributed by atoms with Crippen LogP contribution in [0.3, 0.4) is 0 Å². The van der Waals surface area contributed by atoms with Crippen LogP contribution in [0.5, 0.6) is 0 Å². The average molecular weight is 330 g/mol. The summed E-state index contributed by atoms with van der Waals surface area (Å²) in [6.07, 6.45) is 1.26. The predicted octanol–water partition coefficient (Wildman–Crippen LogP) is 2.41. The summed E-state index contributed by atoms with van der Waals surface area (Å²) in [5.74, 6) is -0.00408. The van der Waals surface area contributed by atoms with Crippen LogP contribution in [0.2, 0.25) is 0 Å². The normalized spacial score (nSPS) is 12.9. The fraction of sp³-hybridized carbons (Fsp3) is 0.538. The highest BCUT2D eigenvalue weighted by atomic mass is 79.9. The van der Waals surface area contributed by atoms with Gasteiger partial charge in [0.05, 0.1) is 0 Å². The molecule has 1 heterocycles. The third kappa shape index (κ3) is 5.57. The Kier molecular flexibility index (Phi) is 5.75. The van der Waals surface area contributed by atoms with Gasteiger partial charge in [-0.25, -0.2) is 9.78 Å². The van der Waals surface area contributed by atoms with Crippen molar-refractivity contribution in [2.75, 3.05) is 13.1 Å². The van der Waals surface area contributed by atoms with E-state index in [2.05, 4.69) is 26.2 Å². The van der Waals surface area contributed by atoms with E-state index < -0.39 is 11.7 Å². The Bertz CT molecular complexity index is 432. The van der Waals surface area contributed by atoms with Crippen LogP contribution in [-0.4, -0.2) is 29.8 Å². The van der Waals surface area contributed by atoms with Gasteiger partial charge >= 0.3 is 6.09 Å². The molecule has 1 aromatic heterocycles. The first-order chi connectivity index (χ1) is 8.83. The summed E-state index contributed by atoms with van der Waals surface area (Å²) in [6.45, 7) is 6.30. The molecule has 0 aliphatic rings. The molecule has 0 radical (unpaired) electrons. The zero-order chi connectivity index (χ0) is 14.5. The third-order valence-electron chi connectivity index (χ3n) is 2.40. The van der Waals surface area contributed by atoms with Gasteiger partial charge in [-0.05, 0) is 48.3 Å². The van der Waals surface area contributed by atoms with Crippen molar-refractivity contribution in [2.24, 2.45) is 5.73 Å². The molecule has 1 unspecified atom stereocenters. The summed E-state index contributed by atoms with van der Waals surface area (Å²) in [7, 11) is 0. The fourth-order valence-electron chi connectivity index (χ4n) is 1.54. The largest absolute Gasteiger partial charge is 0.444 e. The monoisotopic (exact) mass is 329 g/mol. The molecule has 106 valence electrons. The van der Waals surface area contributed by atoms with Crippen molar-refractivity contribution in [3.8, 4) is 0 Å². The number of hydrogen-bond acceptors (Lipinski definition) is 4. The topological polar surface area (TPSA) is 77.2 Å². The molecule has 1 amide bonds. The molecule has 0 fully saturated rings. The summed E-state index contributed by atoms with van der Waals surface area (Å²) in [5.41, 5.74) is 6.22. The van der Waals surface area contributed by atoms with Crippen LogP contribution < -0.4 is 11.1 Å². The van der Waals surface area contributed by atoms with Crippen molar-refractivity contribution in [3.63, 3.8) is 0 Å². The lowest BCUT2D eigenvalue weighted by Gasteiger charge is -2.21. The van der Waals surface area contributed by atoms with Crippen molar-refractivity contribution in [1.82, 2.24) is 10.3 Å². The van der Waals surface area contributed by atoms with E-state index in [-0.39, 0.29) is 5.92 Å². The van der Waals surface area contributed by atoms with Gasteiger partial charge in [0, 0.05) is 25.2 Å². The molecule has 1 rings (SSSR count). The molecule has 3 N–H and O–H groups in total. The number of nitrogens with one attached hydrogen (secondary N) is 1. The number of hydrogen-bond donors (Lipinski definition) is 2. The minimum atomic E-state index is -0.503. The van der Waals surface area contributed by atoms with Crippen molar-refractivity contribution in [2.45, 2.75) is 32.3 Å². The zero-order valence-electron chi connectivity index (χ0n) is 11.4. The number of aromatic nitrogens is 1. The average Bonchev–Trinajstić information content (AvgIpc) is 2.29. The Morgan fingerprint density at radius 2 is 2.26 bits per heavy atom. The second kappa shape index (κ2) is 6.86. The Balaban J connectivity index is 2.59. The second-order valence-electron chi connectivity index (χ2n) is 5.20. The number of rotatable bonds is 4. The number of nitrogens with zero attached hydrogens (tertiary/aromatic N) is 1. The number of pyridine rings is 1. The predicted molar refractivity (Wildman–Crippen MR) is 78.0 cm³/mol. The van der Waals surface area contributed by atoms with Crippen LogP contribution in [0, 0.1) is 0 Å². The number of amides is 1. The fourth-order valence-corrected chi connectivity index (χ4v) is 2.12.